The van der Waals surface area contributed by atoms with Gasteiger partial charge in [0, 0.05) is 6.42 Å². The molecule has 0 unspecified atom stereocenters. The summed E-state index contributed by atoms with van der Waals surface area (Å²) in [6.07, 6.45) is -0.803. The van der Waals surface area contributed by atoms with Gasteiger partial charge in [0.25, 0.3) is 0 Å². The summed E-state index contributed by atoms with van der Waals surface area (Å²) in [4.78, 5) is 12.3. The predicted octanol–water partition coefficient (Wildman–Crippen LogP) is 1.84. The molecule has 0 aliphatic carbocycles. The summed E-state index contributed by atoms with van der Waals surface area (Å²) >= 11 is 0. The van der Waals surface area contributed by atoms with Crippen LogP contribution in [0.3, 0.4) is 0 Å². The first-order valence-corrected chi connectivity index (χ1v) is 9.17. The lowest BCUT2D eigenvalue weighted by Crippen LogP contribution is -2.45. The number of para-hydroxylation sites is 2. The summed E-state index contributed by atoms with van der Waals surface area (Å²) < 4.78 is 36.6. The van der Waals surface area contributed by atoms with Crippen LogP contribution in [0.15, 0.2) is 48.5 Å². The van der Waals surface area contributed by atoms with E-state index in [1.807, 2.05) is 29.0 Å². The first kappa shape index (κ1) is 16.3. The summed E-state index contributed by atoms with van der Waals surface area (Å²) in [5.41, 5.74) is 1.79. The van der Waals surface area contributed by atoms with Gasteiger partial charge in [0.05, 0.1) is 5.75 Å². The number of fused-ring (bicyclic) bond motifs is 2. The van der Waals surface area contributed by atoms with Crippen LogP contribution in [0.2, 0.25) is 0 Å². The number of hydrogen-bond acceptors (Lipinski definition) is 5. The highest BCUT2D eigenvalue weighted by Gasteiger charge is 2.29. The van der Waals surface area contributed by atoms with E-state index in [2.05, 4.69) is 0 Å². The van der Waals surface area contributed by atoms with E-state index in [1.165, 1.54) is 6.92 Å². The number of amides is 1. The second-order valence-corrected chi connectivity index (χ2v) is 7.34. The van der Waals surface area contributed by atoms with Gasteiger partial charge in [-0.05, 0) is 30.2 Å². The van der Waals surface area contributed by atoms with Crippen molar-refractivity contribution in [2.24, 2.45) is 0 Å². The molecule has 7 heteroatoms. The number of sulfonamides is 1. The van der Waals surface area contributed by atoms with E-state index in [1.54, 1.807) is 24.3 Å². The van der Waals surface area contributed by atoms with Gasteiger partial charge >= 0.3 is 12.2 Å². The van der Waals surface area contributed by atoms with Crippen LogP contribution in [0, 0.1) is 0 Å². The van der Waals surface area contributed by atoms with Crippen molar-refractivity contribution in [1.82, 2.24) is 4.72 Å². The van der Waals surface area contributed by atoms with Gasteiger partial charge in [0.1, 0.15) is 11.5 Å². The van der Waals surface area contributed by atoms with Crippen LogP contribution in [0.4, 0.5) is 0 Å². The number of benzene rings is 2. The van der Waals surface area contributed by atoms with E-state index in [9.17, 15) is 13.2 Å². The Morgan fingerprint density at radius 1 is 1.04 bits per heavy atom. The Morgan fingerprint density at radius 3 is 2.04 bits per heavy atom. The van der Waals surface area contributed by atoms with Crippen LogP contribution in [0.25, 0.3) is 0 Å². The van der Waals surface area contributed by atoms with Crippen LogP contribution >= 0.6 is 0 Å². The maximum atomic E-state index is 12.3. The van der Waals surface area contributed by atoms with Crippen LogP contribution in [0.5, 0.6) is 11.5 Å². The van der Waals surface area contributed by atoms with Crippen molar-refractivity contribution in [3.05, 3.63) is 59.7 Å². The standard InChI is InChI=1S/C17H17NO5S/c1-2-24(20,21)18-16(19)17-22-14-9-5-3-7-12(14)11-13-8-4-6-10-15(13)23-17/h3-10,17H,2,11H2,1H3,(H,18,19). The van der Waals surface area contributed by atoms with E-state index < -0.39 is 22.2 Å². The van der Waals surface area contributed by atoms with Crippen LogP contribution < -0.4 is 14.2 Å². The summed E-state index contributed by atoms with van der Waals surface area (Å²) in [5.74, 6) is -0.0935. The molecular weight excluding hydrogens is 330 g/mol. The molecular formula is C17H17NO5S. The Bertz CT molecular complexity index is 815. The summed E-state index contributed by atoms with van der Waals surface area (Å²) in [6, 6.07) is 14.6. The Balaban J connectivity index is 1.98. The van der Waals surface area contributed by atoms with Gasteiger partial charge in [-0.2, -0.15) is 0 Å². The molecule has 0 saturated carbocycles. The number of carbonyl (C=O) groups excluding carboxylic acids is 1. The summed E-state index contributed by atoms with van der Waals surface area (Å²) in [6.45, 7) is 1.44. The summed E-state index contributed by atoms with van der Waals surface area (Å²) in [7, 11) is -3.70. The van der Waals surface area contributed by atoms with Crippen molar-refractivity contribution in [1.29, 1.82) is 0 Å². The monoisotopic (exact) mass is 347 g/mol. The number of rotatable bonds is 3. The normalized spacial score (nSPS) is 14.2. The lowest BCUT2D eigenvalue weighted by atomic mass is 10.0. The molecule has 0 atom stereocenters. The quantitative estimate of drug-likeness (QED) is 0.916. The molecule has 1 N–H and O–H groups in total. The first-order valence-electron chi connectivity index (χ1n) is 7.52. The minimum atomic E-state index is -3.70. The molecule has 126 valence electrons. The average molecular weight is 347 g/mol. The van der Waals surface area contributed by atoms with Crippen LogP contribution in [-0.4, -0.2) is 26.4 Å². The number of hydrogen-bond donors (Lipinski definition) is 1. The molecule has 1 aliphatic heterocycles. The Morgan fingerprint density at radius 2 is 1.54 bits per heavy atom. The maximum Gasteiger partial charge on any atom is 0.322 e. The Kier molecular flexibility index (Phi) is 4.44. The van der Waals surface area contributed by atoms with Gasteiger partial charge in [-0.25, -0.2) is 13.1 Å². The number of ether oxygens (including phenoxy) is 2. The fraction of sp³-hybridized carbons (Fsp3) is 0.235. The molecule has 1 heterocycles. The number of nitrogens with one attached hydrogen (secondary N) is 1. The molecule has 6 nitrogen and oxygen atoms in total. The summed E-state index contributed by atoms with van der Waals surface area (Å²) in [5, 5.41) is 0. The van der Waals surface area contributed by atoms with Gasteiger partial charge < -0.3 is 9.47 Å². The van der Waals surface area contributed by atoms with E-state index >= 15 is 0 Å². The fourth-order valence-electron chi connectivity index (χ4n) is 2.37. The largest absolute Gasteiger partial charge is 0.446 e. The van der Waals surface area contributed by atoms with Crippen molar-refractivity contribution in [3.8, 4) is 11.5 Å². The van der Waals surface area contributed by atoms with Gasteiger partial charge in [0.15, 0.2) is 0 Å². The topological polar surface area (TPSA) is 81.7 Å². The van der Waals surface area contributed by atoms with Gasteiger partial charge in [0.2, 0.25) is 10.0 Å². The average Bonchev–Trinajstić information content (AvgIpc) is 2.54. The third-order valence-electron chi connectivity index (χ3n) is 3.64. The van der Waals surface area contributed by atoms with Crippen molar-refractivity contribution in [3.63, 3.8) is 0 Å². The number of carbonyl (C=O) groups is 1. The van der Waals surface area contributed by atoms with E-state index in [0.29, 0.717) is 17.9 Å². The zero-order valence-electron chi connectivity index (χ0n) is 13.1. The van der Waals surface area contributed by atoms with E-state index in [-0.39, 0.29) is 5.75 Å². The maximum absolute atomic E-state index is 12.3. The molecule has 0 spiro atoms. The second-order valence-electron chi connectivity index (χ2n) is 5.33. The molecule has 0 saturated heterocycles. The first-order chi connectivity index (χ1) is 11.5. The van der Waals surface area contributed by atoms with Crippen molar-refractivity contribution in [2.75, 3.05) is 5.75 Å². The lowest BCUT2D eigenvalue weighted by Gasteiger charge is -2.25. The zero-order valence-corrected chi connectivity index (χ0v) is 13.9. The van der Waals surface area contributed by atoms with E-state index in [4.69, 9.17) is 9.47 Å². The Hall–Kier alpha value is -2.54. The molecule has 0 aromatic heterocycles. The molecule has 2 aromatic carbocycles. The third kappa shape index (κ3) is 3.51. The smallest absolute Gasteiger partial charge is 0.322 e. The highest BCUT2D eigenvalue weighted by atomic mass is 32.2. The van der Waals surface area contributed by atoms with Gasteiger partial charge in [-0.15, -0.1) is 0 Å². The lowest BCUT2D eigenvalue weighted by molar-refractivity contribution is -0.138. The van der Waals surface area contributed by atoms with E-state index in [0.717, 1.165) is 11.1 Å². The molecule has 0 bridgehead atoms. The fourth-order valence-corrected chi connectivity index (χ4v) is 2.92. The highest BCUT2D eigenvalue weighted by Crippen LogP contribution is 2.30. The second kappa shape index (κ2) is 6.52. The van der Waals surface area contributed by atoms with Crippen LogP contribution in [0.1, 0.15) is 18.1 Å². The molecule has 3 rings (SSSR count). The molecule has 2 aromatic rings. The zero-order chi connectivity index (χ0) is 17.2. The van der Waals surface area contributed by atoms with Gasteiger partial charge in [-0.1, -0.05) is 36.4 Å². The van der Waals surface area contributed by atoms with Crippen molar-refractivity contribution in [2.45, 2.75) is 19.6 Å². The molecule has 0 fully saturated rings. The van der Waals surface area contributed by atoms with Gasteiger partial charge in [-0.3, -0.25) is 4.79 Å². The Labute approximate surface area is 140 Å². The molecule has 24 heavy (non-hydrogen) atoms. The van der Waals surface area contributed by atoms with Crippen molar-refractivity contribution >= 4 is 15.9 Å². The SMILES string of the molecule is CCS(=O)(=O)NC(=O)C1Oc2ccccc2Cc2ccccc2O1. The molecule has 1 amide bonds. The minimum Gasteiger partial charge on any atom is -0.446 e. The third-order valence-corrected chi connectivity index (χ3v) is 4.92. The molecule has 1 aliphatic rings. The predicted molar refractivity (Wildman–Crippen MR) is 88.3 cm³/mol. The highest BCUT2D eigenvalue weighted by molar-refractivity contribution is 7.90. The molecule has 0 radical (unpaired) electrons. The van der Waals surface area contributed by atoms with Crippen LogP contribution in [-0.2, 0) is 21.2 Å². The van der Waals surface area contributed by atoms with Crippen molar-refractivity contribution < 1.29 is 22.7 Å². The minimum absolute atomic E-state index is 0.210.